The highest BCUT2D eigenvalue weighted by Crippen LogP contribution is 2.43. The predicted molar refractivity (Wildman–Crippen MR) is 96.7 cm³/mol. The van der Waals surface area contributed by atoms with Crippen LogP contribution in [-0.2, 0) is 4.79 Å². The van der Waals surface area contributed by atoms with Gasteiger partial charge in [0.15, 0.2) is 0 Å². The van der Waals surface area contributed by atoms with Gasteiger partial charge in [0.1, 0.15) is 6.04 Å². The Bertz CT molecular complexity index is 773. The van der Waals surface area contributed by atoms with Gasteiger partial charge in [-0.25, -0.2) is 0 Å². The zero-order valence-corrected chi connectivity index (χ0v) is 13.9. The molecule has 1 unspecified atom stereocenters. The van der Waals surface area contributed by atoms with Gasteiger partial charge in [0.05, 0.1) is 11.8 Å². The lowest BCUT2D eigenvalue weighted by Crippen LogP contribution is -2.50. The van der Waals surface area contributed by atoms with Crippen molar-refractivity contribution in [2.75, 3.05) is 17.2 Å². The Balaban J connectivity index is 2.20. The molecule has 3 atom stereocenters. The van der Waals surface area contributed by atoms with E-state index in [0.717, 1.165) is 22.4 Å². The molecule has 0 bridgehead atoms. The van der Waals surface area contributed by atoms with E-state index in [1.165, 1.54) is 6.92 Å². The molecule has 5 nitrogen and oxygen atoms in total. The summed E-state index contributed by atoms with van der Waals surface area (Å²) in [5.74, 6) is -0.172. The monoisotopic (exact) mass is 325 g/mol. The first-order valence-corrected chi connectivity index (χ1v) is 8.14. The maximum Gasteiger partial charge on any atom is 0.246 e. The van der Waals surface area contributed by atoms with Crippen molar-refractivity contribution in [2.45, 2.75) is 31.9 Å². The summed E-state index contributed by atoms with van der Waals surface area (Å²) in [7, 11) is 0. The topological polar surface area (TPSA) is 92.6 Å². The summed E-state index contributed by atoms with van der Waals surface area (Å²) in [4.78, 5) is 14.5. The third-order valence-electron chi connectivity index (χ3n) is 4.65. The minimum absolute atomic E-state index is 0.123. The van der Waals surface area contributed by atoms with Crippen LogP contribution >= 0.6 is 0 Å². The summed E-state index contributed by atoms with van der Waals surface area (Å²) >= 11 is 0. The number of hydrogen-bond donors (Lipinski definition) is 3. The predicted octanol–water partition coefficient (Wildman–Crippen LogP) is 2.09. The summed E-state index contributed by atoms with van der Waals surface area (Å²) in [5, 5.41) is 9.74. The Morgan fingerprint density at radius 1 is 1.25 bits per heavy atom. The Morgan fingerprint density at radius 2 is 1.96 bits per heavy atom. The maximum atomic E-state index is 12.9. The van der Waals surface area contributed by atoms with Crippen LogP contribution in [0, 0.1) is 0 Å². The molecule has 1 amide bonds. The number of nitrogens with zero attached hydrogens (tertiary/aromatic N) is 1. The Hall–Kier alpha value is -2.37. The first-order valence-electron chi connectivity index (χ1n) is 8.14. The third kappa shape index (κ3) is 2.66. The van der Waals surface area contributed by atoms with Gasteiger partial charge in [-0.05, 0) is 36.1 Å². The molecule has 2 aromatic rings. The van der Waals surface area contributed by atoms with Crippen LogP contribution in [0.3, 0.4) is 0 Å². The van der Waals surface area contributed by atoms with E-state index in [0.29, 0.717) is 12.2 Å². The second kappa shape index (κ2) is 6.26. The van der Waals surface area contributed by atoms with Crippen molar-refractivity contribution in [3.63, 3.8) is 0 Å². The number of nitrogen functional groups attached to an aromatic ring is 1. The van der Waals surface area contributed by atoms with Gasteiger partial charge in [-0.15, -0.1) is 0 Å². The lowest BCUT2D eigenvalue weighted by atomic mass is 9.92. The number of benzene rings is 2. The lowest BCUT2D eigenvalue weighted by Gasteiger charge is -2.28. The van der Waals surface area contributed by atoms with Gasteiger partial charge in [-0.3, -0.25) is 4.79 Å². The van der Waals surface area contributed by atoms with E-state index in [2.05, 4.69) is 13.0 Å². The number of rotatable bonds is 2. The molecule has 0 saturated heterocycles. The molecule has 0 fully saturated rings. The van der Waals surface area contributed by atoms with Crippen molar-refractivity contribution in [1.29, 1.82) is 0 Å². The molecule has 0 aliphatic carbocycles. The highest BCUT2D eigenvalue weighted by atomic mass is 16.3. The van der Waals surface area contributed by atoms with Gasteiger partial charge in [-0.1, -0.05) is 37.3 Å². The molecule has 2 aromatic carbocycles. The molecule has 0 radical (unpaired) electrons. The van der Waals surface area contributed by atoms with Crippen LogP contribution in [-0.4, -0.2) is 29.7 Å². The molecule has 0 spiro atoms. The fourth-order valence-corrected chi connectivity index (χ4v) is 3.30. The number of fused-ring (bicyclic) bond motifs is 3. The second-order valence-corrected chi connectivity index (χ2v) is 6.44. The van der Waals surface area contributed by atoms with Crippen molar-refractivity contribution in [3.8, 4) is 11.1 Å². The zero-order valence-electron chi connectivity index (χ0n) is 13.9. The SMILES string of the molecule is CC1CN(C(=O)[C@@H](N)[C@@H](C)O)c2cccc(N)c2-c2ccccc21. The first-order chi connectivity index (χ1) is 11.4. The van der Waals surface area contributed by atoms with Gasteiger partial charge >= 0.3 is 0 Å². The largest absolute Gasteiger partial charge is 0.398 e. The van der Waals surface area contributed by atoms with Crippen molar-refractivity contribution < 1.29 is 9.90 Å². The smallest absolute Gasteiger partial charge is 0.246 e. The molecule has 1 heterocycles. The van der Waals surface area contributed by atoms with E-state index >= 15 is 0 Å². The molecule has 3 rings (SSSR count). The van der Waals surface area contributed by atoms with E-state index in [-0.39, 0.29) is 11.8 Å². The Morgan fingerprint density at radius 3 is 2.67 bits per heavy atom. The number of aliphatic hydroxyl groups is 1. The van der Waals surface area contributed by atoms with Crippen molar-refractivity contribution >= 4 is 17.3 Å². The lowest BCUT2D eigenvalue weighted by molar-refractivity contribution is -0.121. The highest BCUT2D eigenvalue weighted by Gasteiger charge is 2.32. The standard InChI is InChI=1S/C19H23N3O2/c1-11-10-22(19(24)18(21)12(2)23)16-9-5-8-15(20)17(16)14-7-4-3-6-13(11)14/h3-9,11-12,18,23H,10,20-21H2,1-2H3/t11?,12-,18+/m1/s1. The third-order valence-corrected chi connectivity index (χ3v) is 4.65. The van der Waals surface area contributed by atoms with E-state index in [4.69, 9.17) is 11.5 Å². The van der Waals surface area contributed by atoms with Crippen LogP contribution in [0.25, 0.3) is 11.1 Å². The minimum atomic E-state index is -0.965. The number of carbonyl (C=O) groups is 1. The minimum Gasteiger partial charge on any atom is -0.398 e. The summed E-state index contributed by atoms with van der Waals surface area (Å²) in [5.41, 5.74) is 16.6. The number of anilines is 2. The van der Waals surface area contributed by atoms with Gasteiger partial charge < -0.3 is 21.5 Å². The van der Waals surface area contributed by atoms with Crippen LogP contribution in [0.15, 0.2) is 42.5 Å². The molecule has 0 aromatic heterocycles. The second-order valence-electron chi connectivity index (χ2n) is 6.44. The van der Waals surface area contributed by atoms with Crippen LogP contribution in [0.4, 0.5) is 11.4 Å². The van der Waals surface area contributed by atoms with Gasteiger partial charge in [-0.2, -0.15) is 0 Å². The van der Waals surface area contributed by atoms with Crippen LogP contribution < -0.4 is 16.4 Å². The Kier molecular flexibility index (Phi) is 4.30. The number of carbonyl (C=O) groups excluding carboxylic acids is 1. The van der Waals surface area contributed by atoms with Crippen molar-refractivity contribution in [3.05, 3.63) is 48.0 Å². The molecule has 24 heavy (non-hydrogen) atoms. The number of amides is 1. The molecule has 1 aliphatic rings. The van der Waals surface area contributed by atoms with Crippen LogP contribution in [0.2, 0.25) is 0 Å². The van der Waals surface area contributed by atoms with E-state index in [1.807, 2.05) is 36.4 Å². The zero-order chi connectivity index (χ0) is 17.4. The summed E-state index contributed by atoms with van der Waals surface area (Å²) in [6.45, 7) is 4.10. The fourth-order valence-electron chi connectivity index (χ4n) is 3.30. The molecule has 126 valence electrons. The number of aliphatic hydroxyl groups excluding tert-OH is 1. The normalized spacial score (nSPS) is 19.0. The molecule has 0 saturated carbocycles. The highest BCUT2D eigenvalue weighted by molar-refractivity contribution is 6.04. The van der Waals surface area contributed by atoms with E-state index < -0.39 is 12.1 Å². The van der Waals surface area contributed by atoms with E-state index in [1.54, 1.807) is 4.90 Å². The first kappa shape index (κ1) is 16.5. The van der Waals surface area contributed by atoms with Gasteiger partial charge in [0, 0.05) is 17.8 Å². The van der Waals surface area contributed by atoms with Crippen LogP contribution in [0.5, 0.6) is 0 Å². The fraction of sp³-hybridized carbons (Fsp3) is 0.316. The molecular formula is C19H23N3O2. The summed E-state index contributed by atoms with van der Waals surface area (Å²) < 4.78 is 0. The molecule has 5 heteroatoms. The average Bonchev–Trinajstić information content (AvgIpc) is 2.70. The van der Waals surface area contributed by atoms with Crippen LogP contribution in [0.1, 0.15) is 25.3 Å². The summed E-state index contributed by atoms with van der Waals surface area (Å²) in [6.07, 6.45) is -0.914. The number of hydrogen-bond acceptors (Lipinski definition) is 4. The van der Waals surface area contributed by atoms with Gasteiger partial charge in [0.25, 0.3) is 0 Å². The maximum absolute atomic E-state index is 12.9. The van der Waals surface area contributed by atoms with Gasteiger partial charge in [0.2, 0.25) is 5.91 Å². The average molecular weight is 325 g/mol. The van der Waals surface area contributed by atoms with E-state index in [9.17, 15) is 9.90 Å². The molecule has 1 aliphatic heterocycles. The molecule has 5 N–H and O–H groups in total. The Labute approximate surface area is 141 Å². The quantitative estimate of drug-likeness (QED) is 0.737. The van der Waals surface area contributed by atoms with Crippen molar-refractivity contribution in [2.24, 2.45) is 5.73 Å². The summed E-state index contributed by atoms with van der Waals surface area (Å²) in [6, 6.07) is 12.7. The van der Waals surface area contributed by atoms with Crippen molar-refractivity contribution in [1.82, 2.24) is 0 Å². The molecular weight excluding hydrogens is 302 g/mol. The number of nitrogens with two attached hydrogens (primary N) is 2.